The van der Waals surface area contributed by atoms with Crippen molar-refractivity contribution in [3.05, 3.63) is 59.0 Å². The Balaban J connectivity index is 1.24. The second kappa shape index (κ2) is 8.50. The van der Waals surface area contributed by atoms with Gasteiger partial charge in [0, 0.05) is 17.9 Å². The lowest BCUT2D eigenvalue weighted by Gasteiger charge is -2.21. The number of benzene rings is 1. The summed E-state index contributed by atoms with van der Waals surface area (Å²) in [7, 11) is 0. The van der Waals surface area contributed by atoms with E-state index in [0.29, 0.717) is 35.5 Å². The van der Waals surface area contributed by atoms with Crippen molar-refractivity contribution in [1.29, 1.82) is 0 Å². The number of hydrogen-bond donors (Lipinski definition) is 0. The number of furan rings is 1. The zero-order valence-corrected chi connectivity index (χ0v) is 18.0. The lowest BCUT2D eigenvalue weighted by molar-refractivity contribution is -0.154. The van der Waals surface area contributed by atoms with Gasteiger partial charge in [-0.2, -0.15) is 5.10 Å². The molecule has 2 saturated carbocycles. The molecule has 5 rings (SSSR count). The average molecular weight is 441 g/mol. The smallest absolute Gasteiger partial charge is 0.306 e. The fourth-order valence-corrected chi connectivity index (χ4v) is 5.49. The molecule has 2 aromatic rings. The molecule has 31 heavy (non-hydrogen) atoms. The molecule has 3 aliphatic rings. The minimum Gasteiger partial charge on any atom is -0.467 e. The van der Waals surface area contributed by atoms with Crippen molar-refractivity contribution in [3.8, 4) is 0 Å². The Morgan fingerprint density at radius 3 is 2.68 bits per heavy atom. The zero-order valence-electron chi connectivity index (χ0n) is 17.2. The molecule has 0 saturated heterocycles. The third-order valence-electron chi connectivity index (χ3n) is 6.88. The van der Waals surface area contributed by atoms with E-state index in [-0.39, 0.29) is 24.5 Å². The molecule has 2 heterocycles. The second-order valence-corrected chi connectivity index (χ2v) is 9.26. The van der Waals surface area contributed by atoms with Crippen LogP contribution in [0, 0.1) is 17.8 Å². The molecular weight excluding hydrogens is 416 g/mol. The zero-order chi connectivity index (χ0) is 21.4. The van der Waals surface area contributed by atoms with Crippen LogP contribution in [0.25, 0.3) is 0 Å². The van der Waals surface area contributed by atoms with Gasteiger partial charge in [-0.1, -0.05) is 30.2 Å². The first-order chi connectivity index (χ1) is 15.1. The Hall–Kier alpha value is -2.60. The molecule has 0 unspecified atom stereocenters. The second-order valence-electron chi connectivity index (χ2n) is 8.83. The molecule has 1 amide bonds. The maximum Gasteiger partial charge on any atom is 0.306 e. The highest BCUT2D eigenvalue weighted by Gasteiger charge is 2.41. The summed E-state index contributed by atoms with van der Waals surface area (Å²) < 4.78 is 10.9. The van der Waals surface area contributed by atoms with Crippen molar-refractivity contribution < 1.29 is 18.7 Å². The quantitative estimate of drug-likeness (QED) is 0.594. The molecule has 2 aliphatic carbocycles. The summed E-state index contributed by atoms with van der Waals surface area (Å²) in [5.74, 6) is 1.85. The van der Waals surface area contributed by atoms with Crippen LogP contribution >= 0.6 is 11.6 Å². The molecule has 0 N–H and O–H groups in total. The van der Waals surface area contributed by atoms with Gasteiger partial charge in [-0.25, -0.2) is 5.01 Å². The summed E-state index contributed by atoms with van der Waals surface area (Å²) >= 11 is 5.99. The first-order valence-corrected chi connectivity index (χ1v) is 11.3. The predicted octanol–water partition coefficient (Wildman–Crippen LogP) is 4.98. The Bertz CT molecular complexity index is 986. The minimum absolute atomic E-state index is 0.290. The highest BCUT2D eigenvalue weighted by atomic mass is 35.5. The number of amides is 1. The summed E-state index contributed by atoms with van der Waals surface area (Å²) in [6, 6.07) is 10.6. The van der Waals surface area contributed by atoms with E-state index in [0.717, 1.165) is 23.6 Å². The van der Waals surface area contributed by atoms with Crippen molar-refractivity contribution in [2.24, 2.45) is 22.9 Å². The first-order valence-electron chi connectivity index (χ1n) is 10.9. The summed E-state index contributed by atoms with van der Waals surface area (Å²) in [5, 5.41) is 6.57. The number of carbonyl (C=O) groups is 2. The van der Waals surface area contributed by atoms with Crippen molar-refractivity contribution >= 4 is 29.2 Å². The van der Waals surface area contributed by atoms with E-state index in [9.17, 15) is 9.59 Å². The van der Waals surface area contributed by atoms with E-state index < -0.39 is 0 Å². The van der Waals surface area contributed by atoms with Gasteiger partial charge in [0.15, 0.2) is 6.61 Å². The van der Waals surface area contributed by atoms with Crippen LogP contribution in [0.15, 0.2) is 52.2 Å². The van der Waals surface area contributed by atoms with Crippen LogP contribution in [0.1, 0.15) is 55.9 Å². The fourth-order valence-electron chi connectivity index (χ4n) is 5.37. The largest absolute Gasteiger partial charge is 0.467 e. The van der Waals surface area contributed by atoms with Crippen LogP contribution < -0.4 is 0 Å². The van der Waals surface area contributed by atoms with E-state index in [2.05, 4.69) is 5.10 Å². The monoisotopic (exact) mass is 440 g/mol. The van der Waals surface area contributed by atoms with E-state index in [1.54, 1.807) is 24.5 Å². The molecule has 2 bridgehead atoms. The maximum absolute atomic E-state index is 12.9. The van der Waals surface area contributed by atoms with Crippen LogP contribution in [-0.2, 0) is 14.3 Å². The van der Waals surface area contributed by atoms with Gasteiger partial charge in [-0.15, -0.1) is 0 Å². The summed E-state index contributed by atoms with van der Waals surface area (Å²) in [6.45, 7) is -0.311. The molecular formula is C24H25ClN2O4. The fraction of sp³-hybridized carbons (Fsp3) is 0.458. The van der Waals surface area contributed by atoms with Gasteiger partial charge in [-0.3, -0.25) is 9.59 Å². The van der Waals surface area contributed by atoms with Crippen molar-refractivity contribution in [2.45, 2.75) is 44.6 Å². The van der Waals surface area contributed by atoms with E-state index in [1.807, 2.05) is 18.2 Å². The minimum atomic E-state index is -0.363. The van der Waals surface area contributed by atoms with Gasteiger partial charge >= 0.3 is 5.97 Å². The molecule has 1 aromatic heterocycles. The molecule has 1 aliphatic heterocycles. The van der Waals surface area contributed by atoms with Crippen LogP contribution in [-0.4, -0.2) is 29.2 Å². The third kappa shape index (κ3) is 4.26. The number of nitrogens with zero attached hydrogens (tertiary/aromatic N) is 2. The highest BCUT2D eigenvalue weighted by molar-refractivity contribution is 6.30. The summed E-state index contributed by atoms with van der Waals surface area (Å²) in [5.41, 5.74) is 1.66. The van der Waals surface area contributed by atoms with E-state index >= 15 is 0 Å². The van der Waals surface area contributed by atoms with Gasteiger partial charge in [0.05, 0.1) is 12.0 Å². The number of esters is 1. The normalized spacial score (nSPS) is 26.9. The van der Waals surface area contributed by atoms with Gasteiger partial charge < -0.3 is 9.15 Å². The number of carbonyl (C=O) groups excluding carboxylic acids is 2. The lowest BCUT2D eigenvalue weighted by atomic mass is 9.86. The molecule has 0 radical (unpaired) electrons. The van der Waals surface area contributed by atoms with E-state index in [4.69, 9.17) is 20.8 Å². The van der Waals surface area contributed by atoms with Crippen LogP contribution in [0.4, 0.5) is 0 Å². The summed E-state index contributed by atoms with van der Waals surface area (Å²) in [6.07, 6.45) is 7.39. The number of ether oxygens (including phenoxy) is 1. The first kappa shape index (κ1) is 20.3. The molecule has 1 aromatic carbocycles. The van der Waals surface area contributed by atoms with Gasteiger partial charge in [0.25, 0.3) is 5.91 Å². The Kier molecular flexibility index (Phi) is 5.57. The van der Waals surface area contributed by atoms with Gasteiger partial charge in [0.2, 0.25) is 0 Å². The van der Waals surface area contributed by atoms with Crippen molar-refractivity contribution in [3.63, 3.8) is 0 Å². The molecule has 2 fully saturated rings. The molecule has 7 heteroatoms. The Labute approximate surface area is 186 Å². The maximum atomic E-state index is 12.9. The molecule has 162 valence electrons. The molecule has 4 atom stereocenters. The standard InChI is InChI=1S/C24H25ClN2O4/c25-19-7-5-16(6-8-19)20-13-21(22-2-1-9-30-22)27(26-20)23(28)14-31-24(29)12-18-11-15-3-4-17(18)10-15/h1-2,5-9,15,17-18,21H,3-4,10-14H2/t15-,17-,18+,21-/m1/s1. The number of halogens is 1. The highest BCUT2D eigenvalue weighted by Crippen LogP contribution is 2.49. The topological polar surface area (TPSA) is 72.1 Å². The SMILES string of the molecule is O=C(C[C@@H]1C[C@@H]2CC[C@@H]1C2)OCC(=O)N1N=C(c2ccc(Cl)cc2)C[C@@H]1c1ccco1. The molecule has 6 nitrogen and oxygen atoms in total. The van der Waals surface area contributed by atoms with Crippen molar-refractivity contribution in [2.75, 3.05) is 6.61 Å². The van der Waals surface area contributed by atoms with E-state index in [1.165, 1.54) is 24.3 Å². The van der Waals surface area contributed by atoms with Crippen LogP contribution in [0.5, 0.6) is 0 Å². The van der Waals surface area contributed by atoms with Crippen LogP contribution in [0.3, 0.4) is 0 Å². The lowest BCUT2D eigenvalue weighted by Crippen LogP contribution is -2.31. The number of rotatable bonds is 6. The Morgan fingerprint density at radius 2 is 2.00 bits per heavy atom. The van der Waals surface area contributed by atoms with Gasteiger partial charge in [-0.05, 0) is 66.8 Å². The summed E-state index contributed by atoms with van der Waals surface area (Å²) in [4.78, 5) is 25.3. The van der Waals surface area contributed by atoms with Gasteiger partial charge in [0.1, 0.15) is 11.8 Å². The average Bonchev–Trinajstić information content (AvgIpc) is 3.56. The third-order valence-corrected chi connectivity index (χ3v) is 7.14. The van der Waals surface area contributed by atoms with Crippen LogP contribution in [0.2, 0.25) is 5.02 Å². The number of hydrazone groups is 1. The van der Waals surface area contributed by atoms with Crippen molar-refractivity contribution in [1.82, 2.24) is 5.01 Å². The number of hydrogen-bond acceptors (Lipinski definition) is 5. The Morgan fingerprint density at radius 1 is 1.16 bits per heavy atom. The number of fused-ring (bicyclic) bond motifs is 2. The predicted molar refractivity (Wildman–Crippen MR) is 115 cm³/mol. The molecule has 0 spiro atoms.